The first-order valence-corrected chi connectivity index (χ1v) is 9.92. The highest BCUT2D eigenvalue weighted by Gasteiger charge is 2.34. The lowest BCUT2D eigenvalue weighted by atomic mass is 9.95. The number of hydrogen-bond acceptors (Lipinski definition) is 3. The number of nitrogens with one attached hydrogen (secondary N) is 2. The Bertz CT molecular complexity index is 731. The lowest BCUT2D eigenvalue weighted by Crippen LogP contribution is -3.17. The van der Waals surface area contributed by atoms with Crippen LogP contribution in [0.2, 0.25) is 0 Å². The van der Waals surface area contributed by atoms with Crippen molar-refractivity contribution < 1.29 is 19.2 Å². The number of piperidine rings is 1. The van der Waals surface area contributed by atoms with E-state index in [-0.39, 0.29) is 29.9 Å². The van der Waals surface area contributed by atoms with Crippen LogP contribution >= 0.6 is 0 Å². The van der Waals surface area contributed by atoms with Gasteiger partial charge in [0.05, 0.1) is 32.2 Å². The van der Waals surface area contributed by atoms with Gasteiger partial charge in [-0.3, -0.25) is 9.59 Å². The number of quaternary nitrogens is 1. The molecule has 0 spiro atoms. The number of carbonyl (C=O) groups is 2. The molecule has 5 nitrogen and oxygen atoms in total. The monoisotopic (exact) mass is 381 g/mol. The van der Waals surface area contributed by atoms with Crippen LogP contribution in [0.25, 0.3) is 0 Å². The Balaban J connectivity index is 1.68. The molecular formula is C23H29N2O3+. The summed E-state index contributed by atoms with van der Waals surface area (Å²) in [4.78, 5) is 26.0. The van der Waals surface area contributed by atoms with Crippen molar-refractivity contribution in [1.29, 1.82) is 0 Å². The van der Waals surface area contributed by atoms with Gasteiger partial charge in [-0.05, 0) is 18.1 Å². The predicted molar refractivity (Wildman–Crippen MR) is 108 cm³/mol. The second-order valence-electron chi connectivity index (χ2n) is 7.44. The highest BCUT2D eigenvalue weighted by Crippen LogP contribution is 2.21. The Morgan fingerprint density at radius 2 is 1.46 bits per heavy atom. The first-order chi connectivity index (χ1) is 13.6. The smallest absolute Gasteiger partial charge is 0.309 e. The zero-order valence-electron chi connectivity index (χ0n) is 16.6. The maximum atomic E-state index is 13.0. The first-order valence-electron chi connectivity index (χ1n) is 9.92. The van der Waals surface area contributed by atoms with Gasteiger partial charge >= 0.3 is 5.97 Å². The molecule has 1 aliphatic heterocycles. The number of carbonyl (C=O) groups excluding carboxylic acids is 2. The normalized spacial score (nSPS) is 20.4. The standard InChI is InChI=1S/C23H28N2O3/c1-17(25-15-13-20(14-16-25)23(27)28-2)22(26)24-21(18-9-5-3-6-10-18)19-11-7-4-8-12-19/h3-12,17,20-21H,13-16H2,1-2H3,(H,24,26)/p+1/t17-/m0/s1. The molecule has 1 fully saturated rings. The molecule has 28 heavy (non-hydrogen) atoms. The third-order valence-electron chi connectivity index (χ3n) is 5.72. The minimum absolute atomic E-state index is 0.0317. The van der Waals surface area contributed by atoms with Crippen LogP contribution < -0.4 is 10.2 Å². The Kier molecular flexibility index (Phi) is 6.82. The molecule has 148 valence electrons. The molecule has 0 unspecified atom stereocenters. The summed E-state index contributed by atoms with van der Waals surface area (Å²) in [5.74, 6) is -0.140. The molecule has 1 aliphatic rings. The van der Waals surface area contributed by atoms with Crippen molar-refractivity contribution in [2.45, 2.75) is 31.8 Å². The highest BCUT2D eigenvalue weighted by molar-refractivity contribution is 5.81. The molecule has 0 aliphatic carbocycles. The van der Waals surface area contributed by atoms with E-state index in [9.17, 15) is 9.59 Å². The van der Waals surface area contributed by atoms with Gasteiger partial charge in [0.2, 0.25) is 0 Å². The van der Waals surface area contributed by atoms with E-state index < -0.39 is 0 Å². The van der Waals surface area contributed by atoms with Gasteiger partial charge in [-0.1, -0.05) is 60.7 Å². The molecule has 0 bridgehead atoms. The fourth-order valence-corrected chi connectivity index (χ4v) is 3.93. The van der Waals surface area contributed by atoms with E-state index in [1.165, 1.54) is 12.0 Å². The van der Waals surface area contributed by atoms with Crippen LogP contribution in [-0.4, -0.2) is 38.1 Å². The van der Waals surface area contributed by atoms with Crippen LogP contribution in [0.5, 0.6) is 0 Å². The van der Waals surface area contributed by atoms with Crippen LogP contribution in [0.15, 0.2) is 60.7 Å². The summed E-state index contributed by atoms with van der Waals surface area (Å²) in [7, 11) is 1.44. The second-order valence-corrected chi connectivity index (χ2v) is 7.44. The molecular weight excluding hydrogens is 352 g/mol. The SMILES string of the molecule is COC(=O)C1CC[NH+]([C@@H](C)C(=O)NC(c2ccccc2)c2ccccc2)CC1. The molecule has 2 N–H and O–H groups in total. The Hall–Kier alpha value is -2.66. The molecule has 0 radical (unpaired) electrons. The van der Waals surface area contributed by atoms with Crippen molar-refractivity contribution in [3.63, 3.8) is 0 Å². The quantitative estimate of drug-likeness (QED) is 0.750. The van der Waals surface area contributed by atoms with Gasteiger partial charge < -0.3 is 15.0 Å². The molecule has 2 aromatic rings. The molecule has 1 atom stereocenters. The Morgan fingerprint density at radius 1 is 0.964 bits per heavy atom. The van der Waals surface area contributed by atoms with E-state index in [0.29, 0.717) is 0 Å². The van der Waals surface area contributed by atoms with Crippen molar-refractivity contribution in [1.82, 2.24) is 5.32 Å². The third kappa shape index (κ3) is 4.78. The van der Waals surface area contributed by atoms with Crippen molar-refractivity contribution in [2.24, 2.45) is 5.92 Å². The van der Waals surface area contributed by atoms with Crippen LogP contribution in [-0.2, 0) is 14.3 Å². The van der Waals surface area contributed by atoms with Crippen LogP contribution in [0.4, 0.5) is 0 Å². The number of methoxy groups -OCH3 is 1. The van der Waals surface area contributed by atoms with E-state index in [0.717, 1.165) is 37.1 Å². The Labute approximate surface area is 166 Å². The number of amides is 1. The third-order valence-corrected chi connectivity index (χ3v) is 5.72. The maximum Gasteiger partial charge on any atom is 0.309 e. The summed E-state index contributed by atoms with van der Waals surface area (Å²) >= 11 is 0. The van der Waals surface area contributed by atoms with Crippen molar-refractivity contribution in [3.05, 3.63) is 71.8 Å². The molecule has 1 heterocycles. The average Bonchev–Trinajstić information content (AvgIpc) is 2.77. The van der Waals surface area contributed by atoms with Crippen LogP contribution in [0, 0.1) is 5.92 Å². The maximum absolute atomic E-state index is 13.0. The number of hydrogen-bond donors (Lipinski definition) is 2. The summed E-state index contributed by atoms with van der Waals surface area (Å²) in [6.07, 6.45) is 1.53. The van der Waals surface area contributed by atoms with Gasteiger partial charge in [-0.25, -0.2) is 0 Å². The van der Waals surface area contributed by atoms with E-state index >= 15 is 0 Å². The fourth-order valence-electron chi connectivity index (χ4n) is 3.93. The molecule has 5 heteroatoms. The van der Waals surface area contributed by atoms with Crippen LogP contribution in [0.3, 0.4) is 0 Å². The molecule has 1 amide bonds. The number of benzene rings is 2. The van der Waals surface area contributed by atoms with E-state index in [1.54, 1.807) is 0 Å². The van der Waals surface area contributed by atoms with Gasteiger partial charge in [0, 0.05) is 12.8 Å². The minimum atomic E-state index is -0.177. The zero-order chi connectivity index (χ0) is 19.9. The van der Waals surface area contributed by atoms with Gasteiger partial charge in [0.25, 0.3) is 5.91 Å². The number of esters is 1. The molecule has 3 rings (SSSR count). The summed E-state index contributed by atoms with van der Waals surface area (Å²) in [6.45, 7) is 3.57. The summed E-state index contributed by atoms with van der Waals surface area (Å²) < 4.78 is 4.86. The second kappa shape index (κ2) is 9.51. The van der Waals surface area contributed by atoms with Crippen LogP contribution in [0.1, 0.15) is 36.9 Å². The lowest BCUT2D eigenvalue weighted by Gasteiger charge is -2.32. The van der Waals surface area contributed by atoms with Gasteiger partial charge in [-0.2, -0.15) is 0 Å². The number of ether oxygens (including phenoxy) is 1. The van der Waals surface area contributed by atoms with Crippen molar-refractivity contribution in [3.8, 4) is 0 Å². The Morgan fingerprint density at radius 3 is 1.93 bits per heavy atom. The minimum Gasteiger partial charge on any atom is -0.469 e. The van der Waals surface area contributed by atoms with Crippen molar-refractivity contribution >= 4 is 11.9 Å². The topological polar surface area (TPSA) is 59.8 Å². The van der Waals surface area contributed by atoms with Gasteiger partial charge in [-0.15, -0.1) is 0 Å². The molecule has 2 aromatic carbocycles. The summed E-state index contributed by atoms with van der Waals surface area (Å²) in [6, 6.07) is 19.7. The van der Waals surface area contributed by atoms with Gasteiger partial charge in [0.15, 0.2) is 6.04 Å². The lowest BCUT2D eigenvalue weighted by molar-refractivity contribution is -0.919. The van der Waals surface area contributed by atoms with E-state index in [4.69, 9.17) is 4.74 Å². The molecule has 0 saturated carbocycles. The zero-order valence-corrected chi connectivity index (χ0v) is 16.6. The molecule has 0 aromatic heterocycles. The average molecular weight is 381 g/mol. The van der Waals surface area contributed by atoms with E-state index in [1.807, 2.05) is 67.6 Å². The first kappa shape index (κ1) is 20.1. The largest absolute Gasteiger partial charge is 0.469 e. The van der Waals surface area contributed by atoms with Gasteiger partial charge in [0.1, 0.15) is 0 Å². The summed E-state index contributed by atoms with van der Waals surface area (Å²) in [5, 5.41) is 3.24. The number of rotatable bonds is 6. The number of likely N-dealkylation sites (tertiary alicyclic amines) is 1. The fraction of sp³-hybridized carbons (Fsp3) is 0.391. The van der Waals surface area contributed by atoms with Crippen molar-refractivity contribution in [2.75, 3.05) is 20.2 Å². The predicted octanol–water partition coefficient (Wildman–Crippen LogP) is 1.75. The summed E-state index contributed by atoms with van der Waals surface area (Å²) in [5.41, 5.74) is 2.13. The highest BCUT2D eigenvalue weighted by atomic mass is 16.5. The molecule has 1 saturated heterocycles. The van der Waals surface area contributed by atoms with E-state index in [2.05, 4.69) is 5.32 Å².